The van der Waals surface area contributed by atoms with E-state index < -0.39 is 12.0 Å². The molecule has 1 atom stereocenters. The number of aromatic nitrogens is 2. The smallest absolute Gasteiger partial charge is 0.337 e. The number of hydrogen-bond donors (Lipinski definition) is 2. The van der Waals surface area contributed by atoms with Crippen LogP contribution in [0.15, 0.2) is 6.20 Å². The molecule has 1 saturated heterocycles. The van der Waals surface area contributed by atoms with Crippen molar-refractivity contribution in [3.63, 3.8) is 0 Å². The maximum atomic E-state index is 12.2. The summed E-state index contributed by atoms with van der Waals surface area (Å²) in [6, 6.07) is -0.0488. The second kappa shape index (κ2) is 4.05. The van der Waals surface area contributed by atoms with E-state index in [1.54, 1.807) is 11.8 Å². The van der Waals surface area contributed by atoms with Crippen molar-refractivity contribution in [2.75, 3.05) is 18.1 Å². The van der Waals surface area contributed by atoms with Crippen molar-refractivity contribution in [2.45, 2.75) is 12.2 Å². The number of nitrogens with zero attached hydrogens (tertiary/aromatic N) is 1. The van der Waals surface area contributed by atoms with Gasteiger partial charge in [0.05, 0.1) is 17.9 Å². The van der Waals surface area contributed by atoms with Gasteiger partial charge in [-0.05, 0) is 0 Å². The SMILES string of the molecule is FC(F)(F)c1ncc(C2CSCCN2)[nH]1. The maximum absolute atomic E-state index is 12.2. The molecule has 1 aromatic heterocycles. The van der Waals surface area contributed by atoms with Gasteiger partial charge in [-0.15, -0.1) is 0 Å². The van der Waals surface area contributed by atoms with Gasteiger partial charge < -0.3 is 10.3 Å². The predicted molar refractivity (Wildman–Crippen MR) is 51.7 cm³/mol. The lowest BCUT2D eigenvalue weighted by Crippen LogP contribution is -2.30. The molecule has 2 heterocycles. The predicted octanol–water partition coefficient (Wildman–Crippen LogP) is 1.81. The maximum Gasteiger partial charge on any atom is 0.449 e. The van der Waals surface area contributed by atoms with Gasteiger partial charge in [0, 0.05) is 18.1 Å². The molecule has 7 heteroatoms. The van der Waals surface area contributed by atoms with Crippen LogP contribution in [0.2, 0.25) is 0 Å². The van der Waals surface area contributed by atoms with E-state index >= 15 is 0 Å². The Morgan fingerprint density at radius 2 is 2.27 bits per heavy atom. The van der Waals surface area contributed by atoms with E-state index in [9.17, 15) is 13.2 Å². The second-order valence-electron chi connectivity index (χ2n) is 3.27. The molecule has 0 amide bonds. The van der Waals surface area contributed by atoms with Crippen LogP contribution in [-0.4, -0.2) is 28.0 Å². The zero-order chi connectivity index (χ0) is 10.9. The van der Waals surface area contributed by atoms with Gasteiger partial charge in [-0.25, -0.2) is 4.98 Å². The highest BCUT2D eigenvalue weighted by Crippen LogP contribution is 2.28. The van der Waals surface area contributed by atoms with Crippen LogP contribution >= 0.6 is 11.8 Å². The molecule has 1 aromatic rings. The Hall–Kier alpha value is -0.690. The highest BCUT2D eigenvalue weighted by atomic mass is 32.2. The third kappa shape index (κ3) is 2.46. The molecule has 1 fully saturated rings. The molecule has 1 aliphatic rings. The van der Waals surface area contributed by atoms with Crippen molar-refractivity contribution in [3.05, 3.63) is 17.7 Å². The normalized spacial score (nSPS) is 23.0. The molecule has 0 bridgehead atoms. The topological polar surface area (TPSA) is 40.7 Å². The quantitative estimate of drug-likeness (QED) is 0.782. The molecule has 15 heavy (non-hydrogen) atoms. The van der Waals surface area contributed by atoms with Crippen LogP contribution in [0.5, 0.6) is 0 Å². The Kier molecular flexibility index (Phi) is 2.92. The Labute approximate surface area is 88.8 Å². The van der Waals surface area contributed by atoms with Crippen LogP contribution in [0.25, 0.3) is 0 Å². The largest absolute Gasteiger partial charge is 0.449 e. The summed E-state index contributed by atoms with van der Waals surface area (Å²) in [4.78, 5) is 5.64. The van der Waals surface area contributed by atoms with E-state index in [4.69, 9.17) is 0 Å². The third-order valence-electron chi connectivity index (χ3n) is 2.16. The summed E-state index contributed by atoms with van der Waals surface area (Å²) in [5.41, 5.74) is 0.509. The van der Waals surface area contributed by atoms with Crippen molar-refractivity contribution < 1.29 is 13.2 Å². The zero-order valence-electron chi connectivity index (χ0n) is 7.77. The Balaban J connectivity index is 2.12. The first kappa shape index (κ1) is 10.8. The molecular formula is C8H10F3N3S. The molecule has 84 valence electrons. The first-order valence-electron chi connectivity index (χ1n) is 4.50. The van der Waals surface area contributed by atoms with Crippen LogP contribution in [0.4, 0.5) is 13.2 Å². The molecule has 0 radical (unpaired) electrons. The summed E-state index contributed by atoms with van der Waals surface area (Å²) in [5, 5.41) is 3.14. The van der Waals surface area contributed by atoms with Gasteiger partial charge >= 0.3 is 6.18 Å². The van der Waals surface area contributed by atoms with Gasteiger partial charge in [0.2, 0.25) is 5.82 Å². The van der Waals surface area contributed by atoms with E-state index in [1.165, 1.54) is 6.20 Å². The number of aromatic amines is 1. The molecule has 0 spiro atoms. The molecule has 2 rings (SSSR count). The molecule has 0 aromatic carbocycles. The minimum absolute atomic E-state index is 0.0488. The van der Waals surface area contributed by atoms with E-state index in [0.717, 1.165) is 18.1 Å². The fourth-order valence-electron chi connectivity index (χ4n) is 1.42. The summed E-state index contributed by atoms with van der Waals surface area (Å²) < 4.78 is 36.7. The molecular weight excluding hydrogens is 227 g/mol. The minimum atomic E-state index is -4.39. The highest BCUT2D eigenvalue weighted by Gasteiger charge is 2.35. The van der Waals surface area contributed by atoms with Gasteiger partial charge in [0.25, 0.3) is 0 Å². The highest BCUT2D eigenvalue weighted by molar-refractivity contribution is 7.99. The second-order valence-corrected chi connectivity index (χ2v) is 4.42. The standard InChI is InChI=1S/C8H10F3N3S/c9-8(10,11)7-13-3-5(14-7)6-4-15-2-1-12-6/h3,6,12H,1-2,4H2,(H,13,14). The van der Waals surface area contributed by atoms with Gasteiger partial charge in [0.15, 0.2) is 0 Å². The molecule has 1 unspecified atom stereocenters. The summed E-state index contributed by atoms with van der Waals surface area (Å²) in [6.45, 7) is 0.815. The van der Waals surface area contributed by atoms with Crippen LogP contribution < -0.4 is 5.32 Å². The molecule has 0 saturated carbocycles. The van der Waals surface area contributed by atoms with Gasteiger partial charge in [-0.3, -0.25) is 0 Å². The lowest BCUT2D eigenvalue weighted by atomic mass is 10.2. The summed E-state index contributed by atoms with van der Waals surface area (Å²) >= 11 is 1.72. The van der Waals surface area contributed by atoms with Gasteiger partial charge in [-0.2, -0.15) is 24.9 Å². The van der Waals surface area contributed by atoms with E-state index in [2.05, 4.69) is 15.3 Å². The Bertz CT molecular complexity index is 330. The summed E-state index contributed by atoms with van der Waals surface area (Å²) in [7, 11) is 0. The molecule has 3 nitrogen and oxygen atoms in total. The number of thioether (sulfide) groups is 1. The summed E-state index contributed by atoms with van der Waals surface area (Å²) in [5.74, 6) is 0.853. The first-order valence-corrected chi connectivity index (χ1v) is 5.66. The number of rotatable bonds is 1. The number of nitrogens with one attached hydrogen (secondary N) is 2. The first-order chi connectivity index (χ1) is 7.07. The van der Waals surface area contributed by atoms with Crippen molar-refractivity contribution in [1.29, 1.82) is 0 Å². The van der Waals surface area contributed by atoms with Crippen LogP contribution in [0.3, 0.4) is 0 Å². The summed E-state index contributed by atoms with van der Waals surface area (Å²) in [6.07, 6.45) is -3.13. The lowest BCUT2D eigenvalue weighted by molar-refractivity contribution is -0.144. The fourth-order valence-corrected chi connectivity index (χ4v) is 2.38. The van der Waals surface area contributed by atoms with E-state index in [0.29, 0.717) is 5.69 Å². The fraction of sp³-hybridized carbons (Fsp3) is 0.625. The van der Waals surface area contributed by atoms with Crippen LogP contribution in [0.1, 0.15) is 17.6 Å². The van der Waals surface area contributed by atoms with Gasteiger partial charge in [0.1, 0.15) is 0 Å². The van der Waals surface area contributed by atoms with Crippen molar-refractivity contribution in [3.8, 4) is 0 Å². The number of alkyl halides is 3. The average Bonchev–Trinajstić information content (AvgIpc) is 2.67. The number of imidazole rings is 1. The molecule has 1 aliphatic heterocycles. The average molecular weight is 237 g/mol. The number of H-pyrrole nitrogens is 1. The van der Waals surface area contributed by atoms with Crippen molar-refractivity contribution in [2.24, 2.45) is 0 Å². The van der Waals surface area contributed by atoms with Crippen LogP contribution in [-0.2, 0) is 6.18 Å². The van der Waals surface area contributed by atoms with E-state index in [-0.39, 0.29) is 6.04 Å². The lowest BCUT2D eigenvalue weighted by Gasteiger charge is -2.21. The van der Waals surface area contributed by atoms with Crippen LogP contribution in [0, 0.1) is 0 Å². The van der Waals surface area contributed by atoms with Crippen molar-refractivity contribution >= 4 is 11.8 Å². The zero-order valence-corrected chi connectivity index (χ0v) is 8.58. The van der Waals surface area contributed by atoms with Gasteiger partial charge in [-0.1, -0.05) is 0 Å². The third-order valence-corrected chi connectivity index (χ3v) is 3.22. The minimum Gasteiger partial charge on any atom is -0.337 e. The number of halogens is 3. The number of hydrogen-bond acceptors (Lipinski definition) is 3. The Morgan fingerprint density at radius 3 is 2.80 bits per heavy atom. The molecule has 0 aliphatic carbocycles. The van der Waals surface area contributed by atoms with Crippen molar-refractivity contribution in [1.82, 2.24) is 15.3 Å². The monoisotopic (exact) mass is 237 g/mol. The Morgan fingerprint density at radius 1 is 1.47 bits per heavy atom. The van der Waals surface area contributed by atoms with E-state index in [1.807, 2.05) is 0 Å². The molecule has 2 N–H and O–H groups in total.